The maximum Gasteiger partial charge on any atom is 0.256 e. The molecule has 3 rings (SSSR count). The molecule has 0 spiro atoms. The molecule has 0 saturated heterocycles. The molecule has 1 aromatic carbocycles. The van der Waals surface area contributed by atoms with E-state index in [1.165, 1.54) is 11.5 Å². The Bertz CT molecular complexity index is 669. The molecule has 2 N–H and O–H groups in total. The fourth-order valence-corrected chi connectivity index (χ4v) is 3.23. The molecule has 110 valence electrons. The Morgan fingerprint density at radius 1 is 1.43 bits per heavy atom. The molecular weight excluding hydrogens is 286 g/mol. The Hall–Kier alpha value is -2.08. The predicted molar refractivity (Wildman–Crippen MR) is 83.3 cm³/mol. The lowest BCUT2D eigenvalue weighted by Crippen LogP contribution is -2.42. The summed E-state index contributed by atoms with van der Waals surface area (Å²) in [5.74, 6) is 0.811. The number of nitrogens with one attached hydrogen (secondary N) is 2. The van der Waals surface area contributed by atoms with Crippen molar-refractivity contribution in [2.24, 2.45) is 0 Å². The van der Waals surface area contributed by atoms with Gasteiger partial charge < -0.3 is 15.4 Å². The molecule has 1 aromatic heterocycles. The highest BCUT2D eigenvalue weighted by molar-refractivity contribution is 7.10. The summed E-state index contributed by atoms with van der Waals surface area (Å²) in [5, 5.41) is 6.85. The van der Waals surface area contributed by atoms with Gasteiger partial charge in [0.05, 0.1) is 17.3 Å². The molecule has 0 radical (unpaired) electrons. The third kappa shape index (κ3) is 2.71. The zero-order chi connectivity index (χ0) is 14.8. The summed E-state index contributed by atoms with van der Waals surface area (Å²) in [4.78, 5) is 12.4. The van der Waals surface area contributed by atoms with Crippen molar-refractivity contribution < 1.29 is 9.53 Å². The smallest absolute Gasteiger partial charge is 0.256 e. The minimum atomic E-state index is -0.0985. The summed E-state index contributed by atoms with van der Waals surface area (Å²) < 4.78 is 9.92. The number of aromatic nitrogens is 1. The summed E-state index contributed by atoms with van der Waals surface area (Å²) in [5.41, 5.74) is 2.50. The van der Waals surface area contributed by atoms with Gasteiger partial charge in [0.2, 0.25) is 0 Å². The zero-order valence-electron chi connectivity index (χ0n) is 12.0. The molecule has 1 amide bonds. The molecule has 6 heteroatoms. The van der Waals surface area contributed by atoms with Crippen molar-refractivity contribution in [2.45, 2.75) is 19.4 Å². The fourth-order valence-electron chi connectivity index (χ4n) is 2.49. The fraction of sp³-hybridized carbons (Fsp3) is 0.333. The Kier molecular flexibility index (Phi) is 3.79. The highest BCUT2D eigenvalue weighted by Crippen LogP contribution is 2.26. The molecule has 1 aliphatic rings. The second kappa shape index (κ2) is 5.73. The second-order valence-corrected chi connectivity index (χ2v) is 5.79. The molecule has 2 heterocycles. The number of hydrogen-bond donors (Lipinski definition) is 2. The normalized spacial score (nSPS) is 16.8. The van der Waals surface area contributed by atoms with E-state index in [0.717, 1.165) is 28.4 Å². The molecule has 0 saturated carbocycles. The van der Waals surface area contributed by atoms with E-state index >= 15 is 0 Å². The number of benzene rings is 1. The molecule has 1 atom stereocenters. The van der Waals surface area contributed by atoms with E-state index in [-0.39, 0.29) is 11.9 Å². The number of carbonyl (C=O) groups is 1. The van der Waals surface area contributed by atoms with Crippen LogP contribution in [0.3, 0.4) is 0 Å². The minimum absolute atomic E-state index is 0.0172. The molecule has 5 nitrogen and oxygen atoms in total. The maximum absolute atomic E-state index is 12.4. The highest BCUT2D eigenvalue weighted by atomic mass is 32.1. The minimum Gasteiger partial charge on any atom is -0.491 e. The number of carbonyl (C=O) groups excluding carboxylic acids is 1. The van der Waals surface area contributed by atoms with E-state index in [4.69, 9.17) is 4.74 Å². The quantitative estimate of drug-likeness (QED) is 0.912. The number of fused-ring (bicyclic) bond motifs is 1. The molecule has 2 aromatic rings. The Morgan fingerprint density at radius 2 is 2.24 bits per heavy atom. The van der Waals surface area contributed by atoms with Crippen LogP contribution in [0.2, 0.25) is 0 Å². The molecule has 21 heavy (non-hydrogen) atoms. The van der Waals surface area contributed by atoms with Gasteiger partial charge in [-0.05, 0) is 36.5 Å². The summed E-state index contributed by atoms with van der Waals surface area (Å²) in [6.07, 6.45) is 0.785. The first-order valence-corrected chi connectivity index (χ1v) is 7.62. The highest BCUT2D eigenvalue weighted by Gasteiger charge is 2.24. The number of rotatable bonds is 3. The number of aryl methyl sites for hydroxylation is 1. The largest absolute Gasteiger partial charge is 0.491 e. The monoisotopic (exact) mass is 303 g/mol. The van der Waals surface area contributed by atoms with Crippen LogP contribution >= 0.6 is 11.5 Å². The molecule has 0 bridgehead atoms. The second-order valence-electron chi connectivity index (χ2n) is 5.02. The van der Waals surface area contributed by atoms with E-state index in [0.29, 0.717) is 12.2 Å². The average molecular weight is 303 g/mol. The first kappa shape index (κ1) is 13.9. The van der Waals surface area contributed by atoms with Gasteiger partial charge >= 0.3 is 0 Å². The topological polar surface area (TPSA) is 63.2 Å². The van der Waals surface area contributed by atoms with E-state index in [9.17, 15) is 4.79 Å². The van der Waals surface area contributed by atoms with Crippen LogP contribution in [0.4, 0.5) is 5.00 Å². The van der Waals surface area contributed by atoms with Crippen LogP contribution in [-0.4, -0.2) is 30.0 Å². The van der Waals surface area contributed by atoms with Crippen molar-refractivity contribution in [1.82, 2.24) is 9.69 Å². The van der Waals surface area contributed by atoms with Crippen LogP contribution in [0.1, 0.15) is 21.6 Å². The van der Waals surface area contributed by atoms with Crippen LogP contribution in [-0.2, 0) is 6.42 Å². The third-order valence-electron chi connectivity index (χ3n) is 3.53. The summed E-state index contributed by atoms with van der Waals surface area (Å²) in [7, 11) is 1.80. The lowest BCUT2D eigenvalue weighted by molar-refractivity contribution is 0.0916. The van der Waals surface area contributed by atoms with Gasteiger partial charge in [-0.1, -0.05) is 18.2 Å². The van der Waals surface area contributed by atoms with Gasteiger partial charge in [0.15, 0.2) is 0 Å². The van der Waals surface area contributed by atoms with Crippen LogP contribution in [0.5, 0.6) is 5.75 Å². The van der Waals surface area contributed by atoms with Gasteiger partial charge in [-0.3, -0.25) is 4.79 Å². The first-order chi connectivity index (χ1) is 10.2. The SMILES string of the molecule is CNc1snc(C)c1C(=O)N[C@H]1COc2ccccc2C1. The maximum atomic E-state index is 12.4. The molecular formula is C15H17N3O2S. The zero-order valence-corrected chi connectivity index (χ0v) is 12.8. The Labute approximate surface area is 127 Å². The van der Waals surface area contributed by atoms with Crippen molar-refractivity contribution in [1.29, 1.82) is 0 Å². The predicted octanol–water partition coefficient (Wildman–Crippen LogP) is 2.23. The lowest BCUT2D eigenvalue weighted by Gasteiger charge is -2.26. The van der Waals surface area contributed by atoms with Gasteiger partial charge in [-0.2, -0.15) is 4.37 Å². The van der Waals surface area contributed by atoms with Crippen molar-refractivity contribution in [3.63, 3.8) is 0 Å². The average Bonchev–Trinajstić information content (AvgIpc) is 2.88. The van der Waals surface area contributed by atoms with Gasteiger partial charge in [0.25, 0.3) is 5.91 Å². The van der Waals surface area contributed by atoms with E-state index < -0.39 is 0 Å². The first-order valence-electron chi connectivity index (χ1n) is 6.84. The number of hydrogen-bond acceptors (Lipinski definition) is 5. The van der Waals surface area contributed by atoms with Crippen LogP contribution in [0, 0.1) is 6.92 Å². The Morgan fingerprint density at radius 3 is 3.05 bits per heavy atom. The van der Waals surface area contributed by atoms with Crippen LogP contribution in [0.25, 0.3) is 0 Å². The molecule has 0 aliphatic carbocycles. The molecule has 1 aliphatic heterocycles. The summed E-state index contributed by atoms with van der Waals surface area (Å²) in [6, 6.07) is 7.91. The van der Waals surface area contributed by atoms with Gasteiger partial charge in [-0.15, -0.1) is 0 Å². The van der Waals surface area contributed by atoms with E-state index in [2.05, 4.69) is 15.0 Å². The molecule has 0 fully saturated rings. The number of para-hydroxylation sites is 1. The van der Waals surface area contributed by atoms with Crippen molar-refractivity contribution in [3.05, 3.63) is 41.1 Å². The number of amides is 1. The molecule has 0 unspecified atom stereocenters. The number of nitrogens with zero attached hydrogens (tertiary/aromatic N) is 1. The number of anilines is 1. The standard InChI is InChI=1S/C15H17N3O2S/c1-9-13(15(16-2)21-18-9)14(19)17-11-7-10-5-3-4-6-12(10)20-8-11/h3-6,11,16H,7-8H2,1-2H3,(H,17,19)/t11-/m1/s1. The summed E-state index contributed by atoms with van der Waals surface area (Å²) >= 11 is 1.30. The van der Waals surface area contributed by atoms with Crippen LogP contribution in [0.15, 0.2) is 24.3 Å². The van der Waals surface area contributed by atoms with Crippen molar-refractivity contribution in [2.75, 3.05) is 19.0 Å². The van der Waals surface area contributed by atoms with E-state index in [1.54, 1.807) is 7.05 Å². The van der Waals surface area contributed by atoms with Gasteiger partial charge in [0, 0.05) is 7.05 Å². The van der Waals surface area contributed by atoms with Crippen molar-refractivity contribution in [3.8, 4) is 5.75 Å². The Balaban J connectivity index is 1.73. The van der Waals surface area contributed by atoms with Gasteiger partial charge in [-0.25, -0.2) is 0 Å². The lowest BCUT2D eigenvalue weighted by atomic mass is 10.0. The van der Waals surface area contributed by atoms with Crippen molar-refractivity contribution >= 4 is 22.4 Å². The summed E-state index contributed by atoms with van der Waals surface area (Å²) in [6.45, 7) is 2.34. The number of ether oxygens (including phenoxy) is 1. The van der Waals surface area contributed by atoms with Crippen LogP contribution < -0.4 is 15.4 Å². The van der Waals surface area contributed by atoms with Gasteiger partial charge in [0.1, 0.15) is 17.4 Å². The third-order valence-corrected chi connectivity index (χ3v) is 4.49. The van der Waals surface area contributed by atoms with E-state index in [1.807, 2.05) is 31.2 Å².